The number of aromatic amines is 1. The maximum Gasteiger partial charge on any atom is 0.308 e. The Bertz CT molecular complexity index is 498. The Hall–Kier alpha value is -1.85. The van der Waals surface area contributed by atoms with Crippen LogP contribution in [0.1, 0.15) is 32.0 Å². The van der Waals surface area contributed by atoms with Gasteiger partial charge in [-0.2, -0.15) is 0 Å². The highest BCUT2D eigenvalue weighted by atomic mass is 16.4. The zero-order chi connectivity index (χ0) is 13.1. The van der Waals surface area contributed by atoms with Crippen molar-refractivity contribution >= 4 is 11.8 Å². The van der Waals surface area contributed by atoms with Gasteiger partial charge in [-0.1, -0.05) is 13.3 Å². The van der Waals surface area contributed by atoms with Crippen molar-refractivity contribution in [1.29, 1.82) is 0 Å². The molecule has 0 radical (unpaired) electrons. The van der Waals surface area contributed by atoms with Gasteiger partial charge in [0.15, 0.2) is 0 Å². The maximum atomic E-state index is 11.4. The van der Waals surface area contributed by atoms with Gasteiger partial charge in [0, 0.05) is 18.5 Å². The number of carboxylic acid groups (broad SMARTS) is 1. The molecule has 0 saturated heterocycles. The van der Waals surface area contributed by atoms with E-state index in [0.29, 0.717) is 24.5 Å². The quantitative estimate of drug-likeness (QED) is 0.742. The third-order valence-corrected chi connectivity index (χ3v) is 3.29. The summed E-state index contributed by atoms with van der Waals surface area (Å²) in [6.07, 6.45) is 3.00. The molecule has 0 amide bonds. The monoisotopic (exact) mass is 251 g/mol. The molecule has 0 bridgehead atoms. The van der Waals surface area contributed by atoms with Gasteiger partial charge in [0.25, 0.3) is 5.56 Å². The second-order valence-electron chi connectivity index (χ2n) is 4.56. The Balaban J connectivity index is 2.16. The first-order valence-electron chi connectivity index (χ1n) is 6.19. The number of hydrogen-bond donors (Lipinski definition) is 3. The summed E-state index contributed by atoms with van der Waals surface area (Å²) in [7, 11) is 0. The number of carbonyl (C=O) groups is 1. The molecular weight excluding hydrogens is 234 g/mol. The van der Waals surface area contributed by atoms with E-state index >= 15 is 0 Å². The molecule has 0 aliphatic heterocycles. The topological polar surface area (TPSA) is 95.1 Å². The van der Waals surface area contributed by atoms with Crippen LogP contribution >= 0.6 is 0 Å². The molecule has 1 aliphatic carbocycles. The molecular formula is C12H17N3O3. The van der Waals surface area contributed by atoms with Crippen LogP contribution in [0.2, 0.25) is 0 Å². The van der Waals surface area contributed by atoms with Crippen LogP contribution in [0.4, 0.5) is 5.82 Å². The van der Waals surface area contributed by atoms with Crippen LogP contribution in [-0.2, 0) is 11.2 Å². The predicted octanol–water partition coefficient (Wildman–Crippen LogP) is 0.997. The fraction of sp³-hybridized carbons (Fsp3) is 0.583. The molecule has 0 spiro atoms. The van der Waals surface area contributed by atoms with Crippen molar-refractivity contribution in [2.24, 2.45) is 5.92 Å². The van der Waals surface area contributed by atoms with Gasteiger partial charge in [-0.25, -0.2) is 4.98 Å². The van der Waals surface area contributed by atoms with Crippen molar-refractivity contribution in [3.05, 3.63) is 22.2 Å². The zero-order valence-electron chi connectivity index (χ0n) is 10.3. The minimum atomic E-state index is -0.787. The SMILES string of the molecule is CCc1nc(NC2CCCC2C(=O)O)cc(=O)[nH]1. The van der Waals surface area contributed by atoms with Gasteiger partial charge >= 0.3 is 5.97 Å². The van der Waals surface area contributed by atoms with Gasteiger partial charge in [0.05, 0.1) is 5.92 Å². The Morgan fingerprint density at radius 1 is 1.61 bits per heavy atom. The molecule has 2 unspecified atom stereocenters. The fourth-order valence-electron chi connectivity index (χ4n) is 2.37. The molecule has 1 fully saturated rings. The molecule has 18 heavy (non-hydrogen) atoms. The number of H-pyrrole nitrogens is 1. The highest BCUT2D eigenvalue weighted by molar-refractivity contribution is 5.72. The van der Waals surface area contributed by atoms with Gasteiger partial charge in [0.2, 0.25) is 0 Å². The Morgan fingerprint density at radius 2 is 2.39 bits per heavy atom. The lowest BCUT2D eigenvalue weighted by atomic mass is 10.0. The van der Waals surface area contributed by atoms with Crippen LogP contribution in [0.5, 0.6) is 0 Å². The summed E-state index contributed by atoms with van der Waals surface area (Å²) in [5, 5.41) is 12.2. The standard InChI is InChI=1S/C12H17N3O3/c1-2-9-14-10(6-11(16)15-9)13-8-5-3-4-7(8)12(17)18/h6-8H,2-5H2,1H3,(H,17,18)(H2,13,14,15,16). The number of aryl methyl sites for hydroxylation is 1. The summed E-state index contributed by atoms with van der Waals surface area (Å²) in [6, 6.07) is 1.23. The number of aliphatic carboxylic acids is 1. The van der Waals surface area contributed by atoms with Crippen LogP contribution in [-0.4, -0.2) is 27.1 Å². The summed E-state index contributed by atoms with van der Waals surface area (Å²) < 4.78 is 0. The Morgan fingerprint density at radius 3 is 3.06 bits per heavy atom. The van der Waals surface area contributed by atoms with Crippen molar-refractivity contribution in [1.82, 2.24) is 9.97 Å². The molecule has 0 aromatic carbocycles. The van der Waals surface area contributed by atoms with Gasteiger partial charge in [0.1, 0.15) is 11.6 Å². The molecule has 98 valence electrons. The average Bonchev–Trinajstić information content (AvgIpc) is 2.76. The number of hydrogen-bond acceptors (Lipinski definition) is 4. The lowest BCUT2D eigenvalue weighted by molar-refractivity contribution is -0.141. The molecule has 3 N–H and O–H groups in total. The minimum absolute atomic E-state index is 0.137. The van der Waals surface area contributed by atoms with E-state index in [1.807, 2.05) is 6.92 Å². The van der Waals surface area contributed by atoms with E-state index in [9.17, 15) is 9.59 Å². The van der Waals surface area contributed by atoms with Crippen molar-refractivity contribution in [3.8, 4) is 0 Å². The summed E-state index contributed by atoms with van der Waals surface area (Å²) in [5.41, 5.74) is -0.214. The van der Waals surface area contributed by atoms with E-state index in [1.54, 1.807) is 0 Å². The molecule has 1 heterocycles. The highest BCUT2D eigenvalue weighted by Gasteiger charge is 2.33. The van der Waals surface area contributed by atoms with E-state index in [1.165, 1.54) is 6.07 Å². The lowest BCUT2D eigenvalue weighted by Crippen LogP contribution is -2.30. The van der Waals surface area contributed by atoms with Gasteiger partial charge < -0.3 is 15.4 Å². The van der Waals surface area contributed by atoms with E-state index in [0.717, 1.165) is 12.8 Å². The van der Waals surface area contributed by atoms with E-state index in [2.05, 4.69) is 15.3 Å². The second kappa shape index (κ2) is 5.20. The predicted molar refractivity (Wildman–Crippen MR) is 66.6 cm³/mol. The lowest BCUT2D eigenvalue weighted by Gasteiger charge is -2.18. The molecule has 1 saturated carbocycles. The normalized spacial score (nSPS) is 22.9. The number of carboxylic acids is 1. The van der Waals surface area contributed by atoms with Crippen LogP contribution in [0, 0.1) is 5.92 Å². The van der Waals surface area contributed by atoms with Gasteiger partial charge in [-0.3, -0.25) is 9.59 Å². The third-order valence-electron chi connectivity index (χ3n) is 3.29. The maximum absolute atomic E-state index is 11.4. The first kappa shape index (κ1) is 12.6. The second-order valence-corrected chi connectivity index (χ2v) is 4.56. The van der Waals surface area contributed by atoms with Crippen LogP contribution < -0.4 is 10.9 Å². The van der Waals surface area contributed by atoms with Crippen LogP contribution in [0.3, 0.4) is 0 Å². The summed E-state index contributed by atoms with van der Waals surface area (Å²) in [6.45, 7) is 1.90. The summed E-state index contributed by atoms with van der Waals surface area (Å²) in [4.78, 5) is 29.4. The van der Waals surface area contributed by atoms with Crippen molar-refractivity contribution in [3.63, 3.8) is 0 Å². The molecule has 6 nitrogen and oxygen atoms in total. The number of rotatable bonds is 4. The molecule has 1 aliphatic rings. The molecule has 6 heteroatoms. The highest BCUT2D eigenvalue weighted by Crippen LogP contribution is 2.28. The van der Waals surface area contributed by atoms with Gasteiger partial charge in [-0.15, -0.1) is 0 Å². The van der Waals surface area contributed by atoms with Crippen LogP contribution in [0.15, 0.2) is 10.9 Å². The van der Waals surface area contributed by atoms with Crippen LogP contribution in [0.25, 0.3) is 0 Å². The first-order chi connectivity index (χ1) is 8.60. The fourth-order valence-corrected chi connectivity index (χ4v) is 2.37. The van der Waals surface area contributed by atoms with Gasteiger partial charge in [-0.05, 0) is 12.8 Å². The van der Waals surface area contributed by atoms with Crippen molar-refractivity contribution in [2.45, 2.75) is 38.6 Å². The smallest absolute Gasteiger partial charge is 0.308 e. The molecule has 1 aromatic heterocycles. The van der Waals surface area contributed by atoms with Crippen molar-refractivity contribution in [2.75, 3.05) is 5.32 Å². The Labute approximate surface area is 104 Å². The zero-order valence-corrected chi connectivity index (χ0v) is 10.3. The first-order valence-corrected chi connectivity index (χ1v) is 6.19. The number of aromatic nitrogens is 2. The number of anilines is 1. The number of nitrogens with zero attached hydrogens (tertiary/aromatic N) is 1. The van der Waals surface area contributed by atoms with Crippen molar-refractivity contribution < 1.29 is 9.90 Å². The molecule has 2 atom stereocenters. The minimum Gasteiger partial charge on any atom is -0.481 e. The summed E-state index contributed by atoms with van der Waals surface area (Å²) in [5.74, 6) is -0.106. The number of nitrogens with one attached hydrogen (secondary N) is 2. The largest absolute Gasteiger partial charge is 0.481 e. The van der Waals surface area contributed by atoms with E-state index in [-0.39, 0.29) is 11.6 Å². The van der Waals surface area contributed by atoms with E-state index in [4.69, 9.17) is 5.11 Å². The molecule has 2 rings (SSSR count). The van der Waals surface area contributed by atoms with E-state index < -0.39 is 11.9 Å². The Kier molecular flexibility index (Phi) is 3.64. The average molecular weight is 251 g/mol. The third kappa shape index (κ3) is 2.69. The molecule has 1 aromatic rings. The summed E-state index contributed by atoms with van der Waals surface area (Å²) >= 11 is 0.